The van der Waals surface area contributed by atoms with Gasteiger partial charge in [-0.25, -0.2) is 9.97 Å². The van der Waals surface area contributed by atoms with Crippen molar-refractivity contribution in [1.29, 1.82) is 0 Å². The lowest BCUT2D eigenvalue weighted by Gasteiger charge is -2.57. The van der Waals surface area contributed by atoms with Crippen molar-refractivity contribution < 1.29 is 4.79 Å². The SMILES string of the molecule is C=O.CNC1CC2(C1)CC(Nc1ncc(Cl)c(-c3c[nH]c4ccccc34)n1)C2. The molecule has 0 saturated heterocycles. The van der Waals surface area contributed by atoms with E-state index in [0.29, 0.717) is 28.5 Å². The predicted molar refractivity (Wildman–Crippen MR) is 113 cm³/mol. The van der Waals surface area contributed by atoms with Gasteiger partial charge in [0.15, 0.2) is 0 Å². The average molecular weight is 398 g/mol. The van der Waals surface area contributed by atoms with Crippen LogP contribution < -0.4 is 10.6 Å². The molecule has 3 aromatic rings. The highest BCUT2D eigenvalue weighted by Crippen LogP contribution is 2.56. The van der Waals surface area contributed by atoms with E-state index in [9.17, 15) is 0 Å². The molecule has 7 heteroatoms. The Morgan fingerprint density at radius 1 is 1.18 bits per heavy atom. The standard InChI is InChI=1S/C20H22ClN5.CH2O/c1-22-12-6-20(7-12)8-13(9-20)25-19-24-11-16(21)18(26-19)15-10-23-17-5-3-2-4-14(15)17;1-2/h2-5,10-13,22-23H,6-9H2,1H3,(H,24,25,26);1H2. The highest BCUT2D eigenvalue weighted by atomic mass is 35.5. The maximum absolute atomic E-state index is 8.00. The lowest BCUT2D eigenvalue weighted by molar-refractivity contribution is -0.0979. The molecule has 1 aromatic carbocycles. The molecule has 28 heavy (non-hydrogen) atoms. The number of carbonyl (C=O) groups is 1. The molecule has 5 rings (SSSR count). The van der Waals surface area contributed by atoms with Crippen molar-refractivity contribution >= 4 is 35.2 Å². The van der Waals surface area contributed by atoms with Gasteiger partial charge < -0.3 is 20.4 Å². The maximum atomic E-state index is 8.00. The number of rotatable bonds is 4. The smallest absolute Gasteiger partial charge is 0.223 e. The van der Waals surface area contributed by atoms with Crippen LogP contribution in [0, 0.1) is 5.41 Å². The lowest BCUT2D eigenvalue weighted by atomic mass is 9.52. The van der Waals surface area contributed by atoms with E-state index in [0.717, 1.165) is 22.2 Å². The predicted octanol–water partition coefficient (Wildman–Crippen LogP) is 4.04. The number of nitrogens with one attached hydrogen (secondary N) is 3. The van der Waals surface area contributed by atoms with Crippen LogP contribution in [0.3, 0.4) is 0 Å². The number of para-hydroxylation sites is 1. The Hall–Kier alpha value is -2.44. The Bertz CT molecular complexity index is 974. The van der Waals surface area contributed by atoms with Crippen LogP contribution in [0.25, 0.3) is 22.2 Å². The van der Waals surface area contributed by atoms with E-state index in [1.165, 1.54) is 25.7 Å². The molecule has 0 aliphatic heterocycles. The molecule has 0 amide bonds. The van der Waals surface area contributed by atoms with Crippen LogP contribution in [-0.4, -0.2) is 40.9 Å². The minimum Gasteiger partial charge on any atom is -0.360 e. The van der Waals surface area contributed by atoms with Crippen molar-refractivity contribution in [2.24, 2.45) is 5.41 Å². The number of anilines is 1. The number of hydrogen-bond acceptors (Lipinski definition) is 5. The number of nitrogens with zero attached hydrogens (tertiary/aromatic N) is 2. The third kappa shape index (κ3) is 3.27. The Labute approximate surface area is 169 Å². The number of aromatic nitrogens is 3. The first-order valence-electron chi connectivity index (χ1n) is 9.47. The Morgan fingerprint density at radius 3 is 2.64 bits per heavy atom. The van der Waals surface area contributed by atoms with Gasteiger partial charge in [-0.1, -0.05) is 29.8 Å². The second-order valence-electron chi connectivity index (χ2n) is 7.78. The van der Waals surface area contributed by atoms with Crippen molar-refractivity contribution in [3.63, 3.8) is 0 Å². The van der Waals surface area contributed by atoms with Crippen LogP contribution >= 0.6 is 11.6 Å². The first-order chi connectivity index (χ1) is 13.7. The van der Waals surface area contributed by atoms with Gasteiger partial charge in [-0.15, -0.1) is 0 Å². The summed E-state index contributed by atoms with van der Waals surface area (Å²) in [6.45, 7) is 2.00. The van der Waals surface area contributed by atoms with Gasteiger partial charge in [-0.05, 0) is 44.2 Å². The van der Waals surface area contributed by atoms with Crippen LogP contribution in [0.1, 0.15) is 25.7 Å². The lowest BCUT2D eigenvalue weighted by Crippen LogP contribution is -2.57. The van der Waals surface area contributed by atoms with Crippen LogP contribution in [-0.2, 0) is 4.79 Å². The number of hydrogen-bond donors (Lipinski definition) is 3. The minimum atomic E-state index is 0.463. The van der Waals surface area contributed by atoms with E-state index in [2.05, 4.69) is 39.8 Å². The molecule has 146 valence electrons. The van der Waals surface area contributed by atoms with Crippen LogP contribution in [0.4, 0.5) is 5.95 Å². The average Bonchev–Trinajstić information content (AvgIpc) is 3.09. The van der Waals surface area contributed by atoms with E-state index in [1.807, 2.05) is 25.1 Å². The third-order valence-corrected chi connectivity index (χ3v) is 6.32. The van der Waals surface area contributed by atoms with Gasteiger partial charge in [0.1, 0.15) is 6.79 Å². The normalized spacial score (nSPS) is 25.5. The van der Waals surface area contributed by atoms with Gasteiger partial charge in [-0.2, -0.15) is 0 Å². The van der Waals surface area contributed by atoms with Crippen molar-refractivity contribution in [3.8, 4) is 11.3 Å². The Kier molecular flexibility index (Phi) is 5.08. The first kappa shape index (κ1) is 18.9. The summed E-state index contributed by atoms with van der Waals surface area (Å²) in [5.74, 6) is 0.666. The molecule has 2 saturated carbocycles. The number of carbonyl (C=O) groups excluding carboxylic acids is 1. The van der Waals surface area contributed by atoms with Gasteiger partial charge in [0.25, 0.3) is 0 Å². The van der Waals surface area contributed by atoms with Gasteiger partial charge in [0.2, 0.25) is 5.95 Å². The summed E-state index contributed by atoms with van der Waals surface area (Å²) >= 11 is 6.41. The summed E-state index contributed by atoms with van der Waals surface area (Å²) in [5.41, 5.74) is 3.42. The number of aromatic amines is 1. The zero-order valence-corrected chi connectivity index (χ0v) is 16.6. The van der Waals surface area contributed by atoms with E-state index in [-0.39, 0.29) is 0 Å². The number of H-pyrrole nitrogens is 1. The van der Waals surface area contributed by atoms with Crippen molar-refractivity contribution in [1.82, 2.24) is 20.3 Å². The summed E-state index contributed by atoms with van der Waals surface area (Å²) in [5, 5.41) is 8.56. The summed E-state index contributed by atoms with van der Waals surface area (Å²) in [7, 11) is 2.06. The van der Waals surface area contributed by atoms with Crippen molar-refractivity contribution in [2.75, 3.05) is 12.4 Å². The van der Waals surface area contributed by atoms with E-state index >= 15 is 0 Å². The fourth-order valence-corrected chi connectivity index (χ4v) is 4.88. The molecule has 6 nitrogen and oxygen atoms in total. The zero-order valence-electron chi connectivity index (χ0n) is 15.8. The molecule has 0 bridgehead atoms. The second-order valence-corrected chi connectivity index (χ2v) is 8.19. The molecule has 1 spiro atoms. The maximum Gasteiger partial charge on any atom is 0.223 e. The zero-order chi connectivity index (χ0) is 19.7. The molecule has 0 unspecified atom stereocenters. The number of fused-ring (bicyclic) bond motifs is 1. The molecular formula is C21H24ClN5O. The van der Waals surface area contributed by atoms with E-state index in [1.54, 1.807) is 6.20 Å². The van der Waals surface area contributed by atoms with Gasteiger partial charge in [0.05, 0.1) is 16.9 Å². The topological polar surface area (TPSA) is 82.7 Å². The van der Waals surface area contributed by atoms with Crippen LogP contribution in [0.15, 0.2) is 36.7 Å². The summed E-state index contributed by atoms with van der Waals surface area (Å²) in [6.07, 6.45) is 8.67. The van der Waals surface area contributed by atoms with Crippen molar-refractivity contribution in [2.45, 2.75) is 37.8 Å². The molecule has 2 fully saturated rings. The Balaban J connectivity index is 0.000000932. The molecule has 2 aliphatic rings. The summed E-state index contributed by atoms with van der Waals surface area (Å²) < 4.78 is 0. The van der Waals surface area contributed by atoms with Crippen LogP contribution in [0.5, 0.6) is 0 Å². The van der Waals surface area contributed by atoms with E-state index < -0.39 is 0 Å². The number of halogens is 1. The molecular weight excluding hydrogens is 374 g/mol. The van der Waals surface area contributed by atoms with Crippen molar-refractivity contribution in [3.05, 3.63) is 41.7 Å². The molecule has 3 N–H and O–H groups in total. The number of benzene rings is 1. The Morgan fingerprint density at radius 2 is 1.89 bits per heavy atom. The minimum absolute atomic E-state index is 0.463. The quantitative estimate of drug-likeness (QED) is 0.619. The molecule has 0 radical (unpaired) electrons. The fourth-order valence-electron chi connectivity index (χ4n) is 4.69. The van der Waals surface area contributed by atoms with E-state index in [4.69, 9.17) is 21.4 Å². The van der Waals surface area contributed by atoms with Gasteiger partial charge in [0, 0.05) is 34.7 Å². The summed E-state index contributed by atoms with van der Waals surface area (Å²) in [6, 6.07) is 9.34. The van der Waals surface area contributed by atoms with Gasteiger partial charge in [-0.3, -0.25) is 0 Å². The van der Waals surface area contributed by atoms with Crippen LogP contribution in [0.2, 0.25) is 5.02 Å². The highest BCUT2D eigenvalue weighted by molar-refractivity contribution is 6.33. The summed E-state index contributed by atoms with van der Waals surface area (Å²) in [4.78, 5) is 20.4. The molecule has 0 atom stereocenters. The first-order valence-corrected chi connectivity index (χ1v) is 9.85. The van der Waals surface area contributed by atoms with Gasteiger partial charge >= 0.3 is 0 Å². The molecule has 2 aliphatic carbocycles. The third-order valence-electron chi connectivity index (χ3n) is 6.05. The fraction of sp³-hybridized carbons (Fsp3) is 0.381. The second kappa shape index (κ2) is 7.53. The highest BCUT2D eigenvalue weighted by Gasteiger charge is 2.52. The molecule has 2 heterocycles. The largest absolute Gasteiger partial charge is 0.360 e. The monoisotopic (exact) mass is 397 g/mol. The molecule has 2 aromatic heterocycles.